The fraction of sp³-hybridized carbons (Fsp3) is 0.278. The second-order valence-corrected chi connectivity index (χ2v) is 6.34. The Morgan fingerprint density at radius 1 is 1.18 bits per heavy atom. The smallest absolute Gasteiger partial charge is 0.222 e. The Labute approximate surface area is 136 Å². The predicted octanol–water partition coefficient (Wildman–Crippen LogP) is 3.78. The Hall–Kier alpha value is -1.84. The number of halogens is 1. The quantitative estimate of drug-likeness (QED) is 0.882. The van der Waals surface area contributed by atoms with Crippen molar-refractivity contribution in [1.82, 2.24) is 5.32 Å². The van der Waals surface area contributed by atoms with Gasteiger partial charge in [0.05, 0.1) is 5.54 Å². The Bertz CT molecular complexity index is 641. The van der Waals surface area contributed by atoms with Gasteiger partial charge in [0.1, 0.15) is 0 Å². The zero-order chi connectivity index (χ0) is 16.2. The van der Waals surface area contributed by atoms with Crippen molar-refractivity contribution in [3.63, 3.8) is 0 Å². The lowest BCUT2D eigenvalue weighted by Gasteiger charge is -2.28. The van der Waals surface area contributed by atoms with Crippen molar-refractivity contribution in [2.24, 2.45) is 5.73 Å². The first kappa shape index (κ1) is 16.5. The molecule has 116 valence electrons. The molecule has 0 bridgehead atoms. The molecule has 3 nitrogen and oxygen atoms in total. The van der Waals surface area contributed by atoms with Crippen LogP contribution in [0, 0.1) is 0 Å². The maximum Gasteiger partial charge on any atom is 0.222 e. The first-order chi connectivity index (χ1) is 10.4. The number of benzene rings is 2. The topological polar surface area (TPSA) is 55.1 Å². The van der Waals surface area contributed by atoms with Crippen molar-refractivity contribution in [2.45, 2.75) is 31.8 Å². The van der Waals surface area contributed by atoms with E-state index in [0.29, 0.717) is 5.02 Å². The molecule has 0 aliphatic rings. The Kier molecular flexibility index (Phi) is 5.22. The van der Waals surface area contributed by atoms with Crippen LogP contribution in [0.1, 0.15) is 37.4 Å². The van der Waals surface area contributed by atoms with Gasteiger partial charge in [-0.2, -0.15) is 0 Å². The minimum Gasteiger partial charge on any atom is -0.347 e. The highest BCUT2D eigenvalue weighted by Gasteiger charge is 2.24. The van der Waals surface area contributed by atoms with Crippen LogP contribution >= 0.6 is 11.6 Å². The van der Waals surface area contributed by atoms with E-state index in [1.54, 1.807) is 0 Å². The van der Waals surface area contributed by atoms with Crippen LogP contribution < -0.4 is 11.1 Å². The summed E-state index contributed by atoms with van der Waals surface area (Å²) in [5.74, 6) is -0.0821. The molecule has 0 radical (unpaired) electrons. The van der Waals surface area contributed by atoms with E-state index in [9.17, 15) is 4.79 Å². The molecule has 0 aliphatic heterocycles. The van der Waals surface area contributed by atoms with Crippen LogP contribution in [0.4, 0.5) is 0 Å². The van der Waals surface area contributed by atoms with Crippen molar-refractivity contribution in [1.29, 1.82) is 0 Å². The zero-order valence-electron chi connectivity index (χ0n) is 12.8. The molecule has 0 saturated heterocycles. The SMILES string of the molecule is CC(C)(NC(=O)CC(N)c1ccccc1)c1cccc(Cl)c1. The van der Waals surface area contributed by atoms with Crippen LogP contribution in [0.5, 0.6) is 0 Å². The number of rotatable bonds is 5. The highest BCUT2D eigenvalue weighted by Crippen LogP contribution is 2.23. The summed E-state index contributed by atoms with van der Waals surface area (Å²) < 4.78 is 0. The van der Waals surface area contributed by atoms with Gasteiger partial charge in [0, 0.05) is 17.5 Å². The molecule has 2 aromatic rings. The summed E-state index contributed by atoms with van der Waals surface area (Å²) in [6.45, 7) is 3.90. The van der Waals surface area contributed by atoms with Gasteiger partial charge >= 0.3 is 0 Å². The van der Waals surface area contributed by atoms with Gasteiger partial charge in [-0.3, -0.25) is 4.79 Å². The van der Waals surface area contributed by atoms with E-state index >= 15 is 0 Å². The van der Waals surface area contributed by atoms with Crippen LogP contribution in [0.25, 0.3) is 0 Å². The predicted molar refractivity (Wildman–Crippen MR) is 90.6 cm³/mol. The summed E-state index contributed by atoms with van der Waals surface area (Å²) in [6.07, 6.45) is 0.244. The second-order valence-electron chi connectivity index (χ2n) is 5.90. The molecule has 4 heteroatoms. The largest absolute Gasteiger partial charge is 0.347 e. The van der Waals surface area contributed by atoms with E-state index in [0.717, 1.165) is 11.1 Å². The normalized spacial score (nSPS) is 12.7. The van der Waals surface area contributed by atoms with Gasteiger partial charge in [0.25, 0.3) is 0 Å². The number of carbonyl (C=O) groups excluding carboxylic acids is 1. The molecule has 0 spiro atoms. The molecule has 1 atom stereocenters. The van der Waals surface area contributed by atoms with Gasteiger partial charge in [-0.15, -0.1) is 0 Å². The number of hydrogen-bond acceptors (Lipinski definition) is 2. The molecule has 0 saturated carbocycles. The van der Waals surface area contributed by atoms with Crippen molar-refractivity contribution in [3.05, 3.63) is 70.7 Å². The van der Waals surface area contributed by atoms with Crippen LogP contribution in [0.15, 0.2) is 54.6 Å². The molecular formula is C18H21ClN2O. The average Bonchev–Trinajstić information content (AvgIpc) is 2.47. The van der Waals surface area contributed by atoms with E-state index in [1.807, 2.05) is 68.4 Å². The van der Waals surface area contributed by atoms with Gasteiger partial charge in [-0.25, -0.2) is 0 Å². The third-order valence-electron chi connectivity index (χ3n) is 3.63. The number of nitrogens with two attached hydrogens (primary N) is 1. The summed E-state index contributed by atoms with van der Waals surface area (Å²) in [6, 6.07) is 16.8. The molecule has 0 aromatic heterocycles. The molecule has 1 unspecified atom stereocenters. The van der Waals surface area contributed by atoms with Crippen LogP contribution in [0.2, 0.25) is 5.02 Å². The van der Waals surface area contributed by atoms with E-state index in [2.05, 4.69) is 5.32 Å². The number of carbonyl (C=O) groups is 1. The minimum absolute atomic E-state index is 0.0821. The monoisotopic (exact) mass is 316 g/mol. The van der Waals surface area contributed by atoms with Gasteiger partial charge in [-0.05, 0) is 37.1 Å². The highest BCUT2D eigenvalue weighted by atomic mass is 35.5. The molecule has 3 N–H and O–H groups in total. The average molecular weight is 317 g/mol. The number of nitrogens with one attached hydrogen (secondary N) is 1. The summed E-state index contributed by atoms with van der Waals surface area (Å²) in [5, 5.41) is 3.68. The molecular weight excluding hydrogens is 296 g/mol. The lowest BCUT2D eigenvalue weighted by atomic mass is 9.93. The molecule has 22 heavy (non-hydrogen) atoms. The molecule has 2 aromatic carbocycles. The van der Waals surface area contributed by atoms with E-state index in [4.69, 9.17) is 17.3 Å². The first-order valence-corrected chi connectivity index (χ1v) is 7.64. The van der Waals surface area contributed by atoms with E-state index in [1.165, 1.54) is 0 Å². The van der Waals surface area contributed by atoms with Crippen molar-refractivity contribution < 1.29 is 4.79 Å². The van der Waals surface area contributed by atoms with Crippen molar-refractivity contribution in [2.75, 3.05) is 0 Å². The van der Waals surface area contributed by atoms with Crippen LogP contribution in [0.3, 0.4) is 0 Å². The molecule has 1 amide bonds. The van der Waals surface area contributed by atoms with Crippen molar-refractivity contribution >= 4 is 17.5 Å². The van der Waals surface area contributed by atoms with Gasteiger partial charge in [0.2, 0.25) is 5.91 Å². The molecule has 2 rings (SSSR count). The van der Waals surface area contributed by atoms with Gasteiger partial charge < -0.3 is 11.1 Å². The molecule has 0 fully saturated rings. The van der Waals surface area contributed by atoms with Crippen LogP contribution in [-0.2, 0) is 10.3 Å². The number of hydrogen-bond donors (Lipinski definition) is 2. The van der Waals surface area contributed by atoms with Crippen molar-refractivity contribution in [3.8, 4) is 0 Å². The Balaban J connectivity index is 2.02. The Morgan fingerprint density at radius 3 is 2.50 bits per heavy atom. The zero-order valence-corrected chi connectivity index (χ0v) is 13.6. The summed E-state index contributed by atoms with van der Waals surface area (Å²) in [4.78, 5) is 12.3. The summed E-state index contributed by atoms with van der Waals surface area (Å²) >= 11 is 6.02. The van der Waals surface area contributed by atoms with E-state index in [-0.39, 0.29) is 18.4 Å². The maximum absolute atomic E-state index is 12.3. The molecule has 0 aliphatic carbocycles. The van der Waals surface area contributed by atoms with E-state index < -0.39 is 5.54 Å². The summed E-state index contributed by atoms with van der Waals surface area (Å²) in [7, 11) is 0. The molecule has 0 heterocycles. The fourth-order valence-electron chi connectivity index (χ4n) is 2.37. The first-order valence-electron chi connectivity index (χ1n) is 7.26. The fourth-order valence-corrected chi connectivity index (χ4v) is 2.56. The highest BCUT2D eigenvalue weighted by molar-refractivity contribution is 6.30. The second kappa shape index (κ2) is 6.95. The van der Waals surface area contributed by atoms with Crippen LogP contribution in [-0.4, -0.2) is 5.91 Å². The standard InChI is InChI=1S/C18H21ClN2O/c1-18(2,14-9-6-10-15(19)11-14)21-17(22)12-16(20)13-7-4-3-5-8-13/h3-11,16H,12,20H2,1-2H3,(H,21,22). The lowest BCUT2D eigenvalue weighted by molar-refractivity contribution is -0.123. The third-order valence-corrected chi connectivity index (χ3v) is 3.87. The minimum atomic E-state index is -0.502. The van der Waals surface area contributed by atoms with Gasteiger partial charge in [0.15, 0.2) is 0 Å². The summed E-state index contributed by atoms with van der Waals surface area (Å²) in [5.41, 5.74) is 7.51. The number of amides is 1. The maximum atomic E-state index is 12.3. The third kappa shape index (κ3) is 4.33. The van der Waals surface area contributed by atoms with Gasteiger partial charge in [-0.1, -0.05) is 54.1 Å². The Morgan fingerprint density at radius 2 is 1.86 bits per heavy atom. The lowest BCUT2D eigenvalue weighted by Crippen LogP contribution is -2.42.